The lowest BCUT2D eigenvalue weighted by molar-refractivity contribution is 0.0142. The van der Waals surface area contributed by atoms with Gasteiger partial charge in [0.1, 0.15) is 11.4 Å². The van der Waals surface area contributed by atoms with Crippen molar-refractivity contribution in [2.24, 2.45) is 0 Å². The van der Waals surface area contributed by atoms with Crippen LogP contribution in [0, 0.1) is 23.3 Å². The minimum Gasteiger partial charge on any atom is -0.493 e. The zero-order valence-corrected chi connectivity index (χ0v) is 24.5. The van der Waals surface area contributed by atoms with Gasteiger partial charge in [-0.1, -0.05) is 24.3 Å². The van der Waals surface area contributed by atoms with Crippen LogP contribution in [-0.2, 0) is 4.74 Å². The summed E-state index contributed by atoms with van der Waals surface area (Å²) in [6.45, 7) is 9.09. The Morgan fingerprint density at radius 2 is 1.55 bits per heavy atom. The smallest absolute Gasteiger partial charge is 0.410 e. The Kier molecular flexibility index (Phi) is 8.91. The van der Waals surface area contributed by atoms with E-state index in [1.807, 2.05) is 32.9 Å². The molecule has 0 unspecified atom stereocenters. The average Bonchev–Trinajstić information content (AvgIpc) is 2.99. The number of aromatic nitrogens is 1. The molecule has 0 spiro atoms. The second kappa shape index (κ2) is 12.7. The van der Waals surface area contributed by atoms with Crippen molar-refractivity contribution in [1.29, 1.82) is 0 Å². The molecule has 1 saturated heterocycles. The van der Waals surface area contributed by atoms with Crippen molar-refractivity contribution in [2.45, 2.75) is 32.8 Å². The van der Waals surface area contributed by atoms with Crippen molar-refractivity contribution in [2.75, 3.05) is 39.3 Å². The predicted octanol–water partition coefficient (Wildman–Crippen LogP) is 6.49. The maximum Gasteiger partial charge on any atom is 0.410 e. The first-order valence-electron chi connectivity index (χ1n) is 14.1. The third-order valence-electron chi connectivity index (χ3n) is 7.10. The molecule has 44 heavy (non-hydrogen) atoms. The van der Waals surface area contributed by atoms with E-state index in [0.29, 0.717) is 55.9 Å². The summed E-state index contributed by atoms with van der Waals surface area (Å²) < 4.78 is 72.2. The predicted molar refractivity (Wildman–Crippen MR) is 155 cm³/mol. The Labute approximate surface area is 251 Å². The zero-order valence-electron chi connectivity index (χ0n) is 24.5. The molecular formula is C32H31F4N3O5. The van der Waals surface area contributed by atoms with Gasteiger partial charge < -0.3 is 19.1 Å². The third kappa shape index (κ3) is 6.70. The van der Waals surface area contributed by atoms with Crippen LogP contribution < -0.4 is 9.47 Å². The number of nitrogens with zero attached hydrogens (tertiary/aromatic N) is 3. The Morgan fingerprint density at radius 1 is 0.886 bits per heavy atom. The van der Waals surface area contributed by atoms with Gasteiger partial charge >= 0.3 is 12.1 Å². The molecule has 0 saturated carbocycles. The molecule has 2 heterocycles. The van der Waals surface area contributed by atoms with E-state index in [1.54, 1.807) is 23.1 Å². The Hall–Kier alpha value is -4.45. The quantitative estimate of drug-likeness (QED) is 0.0589. The second-order valence-corrected chi connectivity index (χ2v) is 11.4. The topological polar surface area (TPSA) is 81.2 Å². The molecule has 1 amide bonds. The standard InChI is InChI=1S/C32H31F4N3O5/c1-32(2,3)44-31(41)39-14-12-38(13-15-39)11-6-16-42-25-17-22-21(9-10-37-28(22)20-8-5-4-7-19(20)25)30(40)43-29-26(35)23(33)18-24(34)27(29)36/h4-5,7-10,17-18H,6,11-16H2,1-3H3. The average molecular weight is 614 g/mol. The lowest BCUT2D eigenvalue weighted by Crippen LogP contribution is -2.50. The molecule has 3 aromatic carbocycles. The number of piperazine rings is 1. The van der Waals surface area contributed by atoms with E-state index in [-0.39, 0.29) is 23.1 Å². The van der Waals surface area contributed by atoms with Gasteiger partial charge in [-0.25, -0.2) is 18.4 Å². The number of pyridine rings is 1. The SMILES string of the molecule is CC(C)(C)OC(=O)N1CCN(CCCOc2cc3c(C(=O)Oc4c(F)c(F)cc(F)c4F)ccnc3c3ccccc23)CC1. The Bertz CT molecular complexity index is 1690. The molecule has 0 atom stereocenters. The second-order valence-electron chi connectivity index (χ2n) is 11.4. The number of esters is 1. The van der Waals surface area contributed by atoms with Crippen molar-refractivity contribution in [3.8, 4) is 11.5 Å². The highest BCUT2D eigenvalue weighted by atomic mass is 19.2. The number of hydrogen-bond acceptors (Lipinski definition) is 7. The highest BCUT2D eigenvalue weighted by molar-refractivity contribution is 6.14. The molecule has 4 aromatic rings. The number of hydrogen-bond donors (Lipinski definition) is 0. The van der Waals surface area contributed by atoms with Crippen LogP contribution in [0.3, 0.4) is 0 Å². The van der Waals surface area contributed by atoms with Crippen LogP contribution in [-0.4, -0.2) is 71.8 Å². The van der Waals surface area contributed by atoms with E-state index in [4.69, 9.17) is 14.2 Å². The minimum absolute atomic E-state index is 0.0313. The molecule has 1 aromatic heterocycles. The molecular weight excluding hydrogens is 582 g/mol. The van der Waals surface area contributed by atoms with Crippen molar-refractivity contribution >= 4 is 33.7 Å². The summed E-state index contributed by atoms with van der Waals surface area (Å²) in [6.07, 6.45) is 1.68. The molecule has 5 rings (SSSR count). The van der Waals surface area contributed by atoms with Crippen LogP contribution in [0.15, 0.2) is 48.7 Å². The first-order chi connectivity index (χ1) is 20.9. The molecule has 1 aliphatic heterocycles. The minimum atomic E-state index is -1.82. The van der Waals surface area contributed by atoms with Gasteiger partial charge in [0, 0.05) is 61.1 Å². The molecule has 0 aliphatic carbocycles. The van der Waals surface area contributed by atoms with Gasteiger partial charge in [-0.15, -0.1) is 0 Å². The van der Waals surface area contributed by atoms with Gasteiger partial charge in [0.25, 0.3) is 0 Å². The summed E-state index contributed by atoms with van der Waals surface area (Å²) in [7, 11) is 0. The van der Waals surface area contributed by atoms with E-state index in [1.165, 1.54) is 12.3 Å². The fourth-order valence-electron chi connectivity index (χ4n) is 4.98. The largest absolute Gasteiger partial charge is 0.493 e. The molecule has 8 nitrogen and oxygen atoms in total. The molecule has 1 fully saturated rings. The van der Waals surface area contributed by atoms with Gasteiger partial charge in [0.15, 0.2) is 11.6 Å². The van der Waals surface area contributed by atoms with Crippen molar-refractivity contribution in [3.63, 3.8) is 0 Å². The maximum absolute atomic E-state index is 14.2. The van der Waals surface area contributed by atoms with Gasteiger partial charge in [-0.05, 0) is 39.3 Å². The van der Waals surface area contributed by atoms with E-state index in [9.17, 15) is 27.2 Å². The van der Waals surface area contributed by atoms with E-state index >= 15 is 0 Å². The first-order valence-corrected chi connectivity index (χ1v) is 14.1. The van der Waals surface area contributed by atoms with Crippen molar-refractivity contribution in [3.05, 3.63) is 77.5 Å². The number of amides is 1. The Morgan fingerprint density at radius 3 is 2.20 bits per heavy atom. The fourth-order valence-corrected chi connectivity index (χ4v) is 4.98. The summed E-state index contributed by atoms with van der Waals surface area (Å²) in [6, 6.07) is 10.1. The maximum atomic E-state index is 14.2. The summed E-state index contributed by atoms with van der Waals surface area (Å²) in [4.78, 5) is 33.7. The third-order valence-corrected chi connectivity index (χ3v) is 7.10. The summed E-state index contributed by atoms with van der Waals surface area (Å²) in [5, 5.41) is 1.65. The van der Waals surface area contributed by atoms with Crippen LogP contribution >= 0.6 is 0 Å². The monoisotopic (exact) mass is 613 g/mol. The fraction of sp³-hybridized carbons (Fsp3) is 0.344. The van der Waals surface area contributed by atoms with Crippen LogP contribution in [0.25, 0.3) is 21.7 Å². The van der Waals surface area contributed by atoms with Crippen LogP contribution in [0.4, 0.5) is 22.4 Å². The normalized spacial score (nSPS) is 14.2. The molecule has 0 radical (unpaired) electrons. The molecule has 12 heteroatoms. The zero-order chi connectivity index (χ0) is 31.6. The van der Waals surface area contributed by atoms with Crippen molar-refractivity contribution < 1.29 is 41.4 Å². The van der Waals surface area contributed by atoms with Crippen LogP contribution in [0.1, 0.15) is 37.6 Å². The number of rotatable bonds is 7. The van der Waals surface area contributed by atoms with Crippen LogP contribution in [0.2, 0.25) is 0 Å². The molecule has 1 aliphatic rings. The summed E-state index contributed by atoms with van der Waals surface area (Å²) in [5.41, 5.74) is -0.278. The number of carbonyl (C=O) groups is 2. The van der Waals surface area contributed by atoms with Gasteiger partial charge in [0.2, 0.25) is 17.4 Å². The number of benzene rings is 3. The van der Waals surface area contributed by atoms with E-state index in [0.717, 1.165) is 11.9 Å². The van der Waals surface area contributed by atoms with E-state index in [2.05, 4.69) is 9.88 Å². The number of fused-ring (bicyclic) bond motifs is 3. The molecule has 0 bridgehead atoms. The highest BCUT2D eigenvalue weighted by Gasteiger charge is 2.27. The lowest BCUT2D eigenvalue weighted by atomic mass is 10.0. The molecule has 232 valence electrons. The highest BCUT2D eigenvalue weighted by Crippen LogP contribution is 2.35. The van der Waals surface area contributed by atoms with Gasteiger partial charge in [-0.2, -0.15) is 8.78 Å². The summed E-state index contributed by atoms with van der Waals surface area (Å²) in [5.74, 6) is -9.30. The van der Waals surface area contributed by atoms with Gasteiger partial charge in [0.05, 0.1) is 17.7 Å². The van der Waals surface area contributed by atoms with Crippen molar-refractivity contribution in [1.82, 2.24) is 14.8 Å². The summed E-state index contributed by atoms with van der Waals surface area (Å²) >= 11 is 0. The van der Waals surface area contributed by atoms with E-state index < -0.39 is 40.6 Å². The van der Waals surface area contributed by atoms with Crippen LogP contribution in [0.5, 0.6) is 11.5 Å². The number of halogens is 4. The lowest BCUT2D eigenvalue weighted by Gasteiger charge is -2.35. The Balaban J connectivity index is 1.30. The van der Waals surface area contributed by atoms with Gasteiger partial charge in [-0.3, -0.25) is 9.88 Å². The number of carbonyl (C=O) groups excluding carboxylic acids is 2. The first kappa shape index (κ1) is 31.0. The molecule has 0 N–H and O–H groups in total. The number of ether oxygens (including phenoxy) is 3.